The Kier molecular flexibility index (Phi) is 4.78. The summed E-state index contributed by atoms with van der Waals surface area (Å²) in [5.74, 6) is -0.509. The first-order chi connectivity index (χ1) is 7.19. The molecule has 4 heteroatoms. The molecule has 1 aromatic rings. The van der Waals surface area contributed by atoms with Crippen molar-refractivity contribution in [2.45, 2.75) is 19.4 Å². The lowest BCUT2D eigenvalue weighted by molar-refractivity contribution is -0.108. The Bertz CT molecular complexity index is 343. The van der Waals surface area contributed by atoms with E-state index < -0.39 is 0 Å². The quantitative estimate of drug-likeness (QED) is 0.619. The molecule has 1 aromatic carbocycles. The minimum atomic E-state index is -0.261. The fraction of sp³-hybridized carbons (Fsp3) is 0.364. The molecule has 82 valence electrons. The van der Waals surface area contributed by atoms with Crippen molar-refractivity contribution in [3.05, 3.63) is 35.1 Å². The molecule has 0 fully saturated rings. The molecule has 0 heterocycles. The highest BCUT2D eigenvalue weighted by Crippen LogP contribution is 2.17. The number of carbonyl (C=O) groups is 1. The van der Waals surface area contributed by atoms with Crippen LogP contribution in [0.4, 0.5) is 4.39 Å². The van der Waals surface area contributed by atoms with Crippen molar-refractivity contribution in [2.75, 3.05) is 6.26 Å². The van der Waals surface area contributed by atoms with Crippen molar-refractivity contribution in [3.8, 4) is 0 Å². The first-order valence-electron chi connectivity index (χ1n) is 4.68. The minimum Gasteiger partial charge on any atom is -0.303 e. The molecule has 15 heavy (non-hydrogen) atoms. The number of aldehydes is 1. The molecule has 1 N–H and O–H groups in total. The molecule has 1 rings (SSSR count). The zero-order valence-electron chi connectivity index (χ0n) is 8.79. The smallest absolute Gasteiger partial charge is 0.128 e. The van der Waals surface area contributed by atoms with Crippen molar-refractivity contribution < 1.29 is 9.18 Å². The topological polar surface area (TPSA) is 29.1 Å². The molecule has 0 saturated carbocycles. The maximum atomic E-state index is 13.5. The van der Waals surface area contributed by atoms with E-state index in [0.717, 1.165) is 11.8 Å². The first kappa shape index (κ1) is 12.2. The second-order valence-corrected chi connectivity index (χ2v) is 4.00. The van der Waals surface area contributed by atoms with E-state index in [4.69, 9.17) is 0 Å². The summed E-state index contributed by atoms with van der Waals surface area (Å²) in [5.41, 5.74) is 1.33. The number of benzene rings is 1. The lowest BCUT2D eigenvalue weighted by Gasteiger charge is -2.07. The van der Waals surface area contributed by atoms with Crippen LogP contribution in [0.5, 0.6) is 0 Å². The van der Waals surface area contributed by atoms with Crippen LogP contribution in [0.3, 0.4) is 0 Å². The molecule has 0 saturated heterocycles. The second-order valence-electron chi connectivity index (χ2n) is 3.30. The van der Waals surface area contributed by atoms with E-state index in [2.05, 4.69) is 4.72 Å². The number of hydrogen-bond donors (Lipinski definition) is 1. The van der Waals surface area contributed by atoms with Gasteiger partial charge in [0.25, 0.3) is 0 Å². The number of carbonyl (C=O) groups excluding carboxylic acids is 1. The minimum absolute atomic E-state index is 0.248. The molecule has 1 unspecified atom stereocenters. The van der Waals surface area contributed by atoms with Gasteiger partial charge in [0.05, 0.1) is 0 Å². The van der Waals surface area contributed by atoms with Gasteiger partial charge < -0.3 is 4.79 Å². The van der Waals surface area contributed by atoms with Gasteiger partial charge in [-0.3, -0.25) is 4.72 Å². The molecule has 0 bridgehead atoms. The fourth-order valence-electron chi connectivity index (χ4n) is 1.22. The second kappa shape index (κ2) is 5.88. The molecule has 0 aliphatic carbocycles. The Balaban J connectivity index is 2.83. The third kappa shape index (κ3) is 3.32. The van der Waals surface area contributed by atoms with E-state index in [1.54, 1.807) is 19.1 Å². The predicted octanol–water partition coefficient (Wildman–Crippen LogP) is 2.50. The van der Waals surface area contributed by atoms with E-state index in [1.165, 1.54) is 18.0 Å². The van der Waals surface area contributed by atoms with Gasteiger partial charge in [0, 0.05) is 18.0 Å². The lowest BCUT2D eigenvalue weighted by Crippen LogP contribution is -2.05. The highest BCUT2D eigenvalue weighted by molar-refractivity contribution is 7.96. The molecule has 0 aromatic heterocycles. The molecule has 0 amide bonds. The summed E-state index contributed by atoms with van der Waals surface area (Å²) < 4.78 is 16.5. The molecular formula is C11H14FNOS. The van der Waals surface area contributed by atoms with Gasteiger partial charge in [-0.05, 0) is 17.9 Å². The van der Waals surface area contributed by atoms with Crippen LogP contribution >= 0.6 is 11.9 Å². The normalized spacial score (nSPS) is 12.5. The van der Waals surface area contributed by atoms with Crippen LogP contribution in [0.15, 0.2) is 18.2 Å². The number of hydrogen-bond acceptors (Lipinski definition) is 3. The van der Waals surface area contributed by atoms with E-state index in [-0.39, 0.29) is 11.7 Å². The van der Waals surface area contributed by atoms with Crippen LogP contribution < -0.4 is 4.72 Å². The van der Waals surface area contributed by atoms with E-state index in [1.807, 2.05) is 6.26 Å². The highest BCUT2D eigenvalue weighted by Gasteiger charge is 2.07. The molecule has 0 aliphatic heterocycles. The number of halogens is 1. The van der Waals surface area contributed by atoms with Crippen LogP contribution in [0.25, 0.3) is 0 Å². The summed E-state index contributed by atoms with van der Waals surface area (Å²) in [5, 5.41) is 0. The van der Waals surface area contributed by atoms with E-state index in [9.17, 15) is 9.18 Å². The Hall–Kier alpha value is -0.870. The van der Waals surface area contributed by atoms with Gasteiger partial charge >= 0.3 is 0 Å². The van der Waals surface area contributed by atoms with Gasteiger partial charge in [-0.2, -0.15) is 0 Å². The number of rotatable bonds is 5. The van der Waals surface area contributed by atoms with Gasteiger partial charge in [0.2, 0.25) is 0 Å². The summed E-state index contributed by atoms with van der Waals surface area (Å²) in [4.78, 5) is 10.5. The van der Waals surface area contributed by atoms with Crippen molar-refractivity contribution in [1.82, 2.24) is 4.72 Å². The monoisotopic (exact) mass is 227 g/mol. The molecule has 0 spiro atoms. The van der Waals surface area contributed by atoms with Gasteiger partial charge in [0.1, 0.15) is 12.1 Å². The average molecular weight is 227 g/mol. The zero-order chi connectivity index (χ0) is 11.3. The van der Waals surface area contributed by atoms with E-state index in [0.29, 0.717) is 12.1 Å². The third-order valence-corrected chi connectivity index (χ3v) is 2.65. The summed E-state index contributed by atoms with van der Waals surface area (Å²) in [7, 11) is 0. The molecular weight excluding hydrogens is 213 g/mol. The summed E-state index contributed by atoms with van der Waals surface area (Å²) >= 11 is 1.45. The van der Waals surface area contributed by atoms with Crippen molar-refractivity contribution in [2.24, 2.45) is 0 Å². The van der Waals surface area contributed by atoms with E-state index >= 15 is 0 Å². The Morgan fingerprint density at radius 1 is 1.60 bits per heavy atom. The summed E-state index contributed by atoms with van der Waals surface area (Å²) in [6.45, 7) is 2.24. The largest absolute Gasteiger partial charge is 0.303 e. The van der Waals surface area contributed by atoms with Crippen molar-refractivity contribution >= 4 is 18.2 Å². The van der Waals surface area contributed by atoms with Crippen LogP contribution in [0.1, 0.15) is 24.0 Å². The highest BCUT2D eigenvalue weighted by atomic mass is 32.2. The van der Waals surface area contributed by atoms with Gasteiger partial charge in [-0.1, -0.05) is 31.0 Å². The first-order valence-corrected chi connectivity index (χ1v) is 5.91. The van der Waals surface area contributed by atoms with Crippen LogP contribution in [-0.4, -0.2) is 12.5 Å². The van der Waals surface area contributed by atoms with Gasteiger partial charge in [-0.25, -0.2) is 4.39 Å². The van der Waals surface area contributed by atoms with Gasteiger partial charge in [-0.15, -0.1) is 0 Å². The standard InChI is InChI=1S/C11H14FNOS/c1-8(7-14)9-3-4-10(6-13-15-2)11(12)5-9/h3-5,7-8,13H,6H2,1-2H3. The Morgan fingerprint density at radius 3 is 2.87 bits per heavy atom. The molecule has 0 radical (unpaired) electrons. The Labute approximate surface area is 93.4 Å². The number of nitrogens with one attached hydrogen (secondary N) is 1. The summed E-state index contributed by atoms with van der Waals surface area (Å²) in [6.07, 6.45) is 2.70. The fourth-order valence-corrected chi connectivity index (χ4v) is 1.52. The SMILES string of the molecule is CSNCc1ccc(C(C)C=O)cc1F. The van der Waals surface area contributed by atoms with Gasteiger partial charge in [0.15, 0.2) is 0 Å². The molecule has 1 atom stereocenters. The molecule has 0 aliphatic rings. The average Bonchev–Trinajstić information content (AvgIpc) is 2.26. The maximum absolute atomic E-state index is 13.5. The van der Waals surface area contributed by atoms with Crippen LogP contribution in [0.2, 0.25) is 0 Å². The third-order valence-electron chi connectivity index (χ3n) is 2.21. The zero-order valence-corrected chi connectivity index (χ0v) is 9.60. The van der Waals surface area contributed by atoms with Crippen LogP contribution in [0, 0.1) is 5.82 Å². The van der Waals surface area contributed by atoms with Crippen LogP contribution in [-0.2, 0) is 11.3 Å². The maximum Gasteiger partial charge on any atom is 0.128 e. The summed E-state index contributed by atoms with van der Waals surface area (Å²) in [6, 6.07) is 4.93. The lowest BCUT2D eigenvalue weighted by atomic mass is 10.0. The molecule has 2 nitrogen and oxygen atoms in total. The van der Waals surface area contributed by atoms with Crippen molar-refractivity contribution in [3.63, 3.8) is 0 Å². The predicted molar refractivity (Wildman–Crippen MR) is 61.2 cm³/mol. The van der Waals surface area contributed by atoms with Crippen molar-refractivity contribution in [1.29, 1.82) is 0 Å². The Morgan fingerprint density at radius 2 is 2.33 bits per heavy atom.